The van der Waals surface area contributed by atoms with Crippen LogP contribution in [0.25, 0.3) is 0 Å². The van der Waals surface area contributed by atoms with Gasteiger partial charge in [-0.2, -0.15) is 0 Å². The van der Waals surface area contributed by atoms with E-state index in [0.717, 1.165) is 30.2 Å². The lowest BCUT2D eigenvalue weighted by atomic mass is 10.2. The summed E-state index contributed by atoms with van der Waals surface area (Å²) in [5.41, 5.74) is 1.42. The Kier molecular flexibility index (Phi) is 8.41. The third-order valence-electron chi connectivity index (χ3n) is 4.72. The van der Waals surface area contributed by atoms with Crippen LogP contribution in [-0.4, -0.2) is 54.4 Å². The van der Waals surface area contributed by atoms with Gasteiger partial charge in [-0.3, -0.25) is 9.59 Å². The second-order valence-corrected chi connectivity index (χ2v) is 8.29. The van der Waals surface area contributed by atoms with Crippen molar-refractivity contribution in [3.8, 4) is 0 Å². The quantitative estimate of drug-likeness (QED) is 0.650. The third-order valence-corrected chi connectivity index (χ3v) is 5.96. The Morgan fingerprint density at radius 2 is 1.82 bits per heavy atom. The maximum absolute atomic E-state index is 13.0. The first-order chi connectivity index (χ1) is 13.3. The van der Waals surface area contributed by atoms with Crippen LogP contribution in [0.2, 0.25) is 5.02 Å². The van der Waals surface area contributed by atoms with Crippen molar-refractivity contribution >= 4 is 39.9 Å². The van der Waals surface area contributed by atoms with Crippen molar-refractivity contribution in [2.75, 3.05) is 38.0 Å². The lowest BCUT2D eigenvalue weighted by Gasteiger charge is -2.24. The first-order valence-corrected chi connectivity index (χ1v) is 10.7. The fourth-order valence-electron chi connectivity index (χ4n) is 2.78. The zero-order valence-corrected chi connectivity index (χ0v) is 18.4. The summed E-state index contributed by atoms with van der Waals surface area (Å²) in [6, 6.07) is 6.74. The highest BCUT2D eigenvalue weighted by atomic mass is 35.5. The average Bonchev–Trinajstić information content (AvgIpc) is 2.98. The highest BCUT2D eigenvalue weighted by molar-refractivity contribution is 7.15. The summed E-state index contributed by atoms with van der Waals surface area (Å²) in [7, 11) is 0. The summed E-state index contributed by atoms with van der Waals surface area (Å²) in [4.78, 5) is 33.9. The number of likely N-dealkylation sites (N-methyl/N-ethyl adjacent to an activating group) is 1. The normalized spacial score (nSPS) is 10.9. The van der Waals surface area contributed by atoms with Gasteiger partial charge in [0.1, 0.15) is 6.54 Å². The number of carbonyl (C=O) groups is 2. The molecule has 8 heteroatoms. The average molecular weight is 424 g/mol. The maximum Gasteiger partial charge on any atom is 0.254 e. The number of hydrogen-bond donors (Lipinski definition) is 2. The minimum absolute atomic E-state index is 0.0140. The standard InChI is InChI=1S/C20H27ClN4O2S/c1-5-24(6-2)11-12-25(19(27)16-7-9-17(21)10-8-16)13-18(26)23-20-22-14(3)15(4)28-20/h7-10H,5-6,11-13H2,1-4H3,(H,22,23,26)/p+1. The summed E-state index contributed by atoms with van der Waals surface area (Å²) < 4.78 is 0. The van der Waals surface area contributed by atoms with E-state index >= 15 is 0 Å². The molecule has 0 radical (unpaired) electrons. The molecular formula is C20H28ClN4O2S+. The largest absolute Gasteiger partial charge is 0.334 e. The molecule has 2 amide bonds. The van der Waals surface area contributed by atoms with Gasteiger partial charge in [0.25, 0.3) is 5.91 Å². The van der Waals surface area contributed by atoms with E-state index in [4.69, 9.17) is 11.6 Å². The molecule has 152 valence electrons. The molecule has 0 saturated heterocycles. The van der Waals surface area contributed by atoms with Crippen molar-refractivity contribution in [1.82, 2.24) is 9.88 Å². The Morgan fingerprint density at radius 1 is 1.18 bits per heavy atom. The fourth-order valence-corrected chi connectivity index (χ4v) is 3.74. The van der Waals surface area contributed by atoms with Crippen molar-refractivity contribution in [3.05, 3.63) is 45.4 Å². The minimum Gasteiger partial charge on any atom is -0.334 e. The number of benzene rings is 1. The number of thiazole rings is 1. The van der Waals surface area contributed by atoms with Gasteiger partial charge in [0, 0.05) is 15.5 Å². The van der Waals surface area contributed by atoms with Crippen molar-refractivity contribution in [2.45, 2.75) is 27.7 Å². The van der Waals surface area contributed by atoms with Crippen LogP contribution >= 0.6 is 22.9 Å². The summed E-state index contributed by atoms with van der Waals surface area (Å²) in [5, 5.41) is 3.95. The van der Waals surface area contributed by atoms with Gasteiger partial charge in [-0.25, -0.2) is 4.98 Å². The molecule has 0 bridgehead atoms. The number of anilines is 1. The van der Waals surface area contributed by atoms with Crippen LogP contribution in [0, 0.1) is 13.8 Å². The summed E-state index contributed by atoms with van der Waals surface area (Å²) in [6.07, 6.45) is 0. The predicted molar refractivity (Wildman–Crippen MR) is 114 cm³/mol. The number of rotatable bonds is 9. The van der Waals surface area contributed by atoms with Crippen LogP contribution in [0.1, 0.15) is 34.8 Å². The van der Waals surface area contributed by atoms with Gasteiger partial charge in [-0.15, -0.1) is 11.3 Å². The van der Waals surface area contributed by atoms with E-state index in [-0.39, 0.29) is 18.4 Å². The van der Waals surface area contributed by atoms with Crippen LogP contribution in [-0.2, 0) is 4.79 Å². The Bertz CT molecular complexity index is 784. The Balaban J connectivity index is 2.10. The Morgan fingerprint density at radius 3 is 2.36 bits per heavy atom. The van der Waals surface area contributed by atoms with Crippen LogP contribution in [0.15, 0.2) is 24.3 Å². The van der Waals surface area contributed by atoms with Crippen molar-refractivity contribution in [1.29, 1.82) is 0 Å². The number of halogens is 1. The van der Waals surface area contributed by atoms with Crippen molar-refractivity contribution < 1.29 is 14.5 Å². The zero-order chi connectivity index (χ0) is 20.7. The predicted octanol–water partition coefficient (Wildman–Crippen LogP) is 2.42. The highest BCUT2D eigenvalue weighted by Gasteiger charge is 2.21. The number of nitrogens with one attached hydrogen (secondary N) is 2. The molecule has 28 heavy (non-hydrogen) atoms. The molecule has 0 aliphatic heterocycles. The number of hydrogen-bond acceptors (Lipinski definition) is 4. The fraction of sp³-hybridized carbons (Fsp3) is 0.450. The number of quaternary nitrogens is 1. The molecule has 2 rings (SSSR count). The van der Waals surface area contributed by atoms with E-state index in [1.807, 2.05) is 13.8 Å². The number of amides is 2. The monoisotopic (exact) mass is 423 g/mol. The smallest absolute Gasteiger partial charge is 0.254 e. The molecule has 0 fully saturated rings. The van der Waals surface area contributed by atoms with Crippen LogP contribution in [0.4, 0.5) is 5.13 Å². The molecule has 0 atom stereocenters. The Hall–Kier alpha value is -1.96. The molecule has 1 aromatic heterocycles. The van der Waals surface area contributed by atoms with Gasteiger partial charge in [0.05, 0.1) is 31.9 Å². The number of carbonyl (C=O) groups excluding carboxylic acids is 2. The zero-order valence-electron chi connectivity index (χ0n) is 16.8. The Labute approximate surface area is 175 Å². The highest BCUT2D eigenvalue weighted by Crippen LogP contribution is 2.21. The van der Waals surface area contributed by atoms with Crippen molar-refractivity contribution in [2.24, 2.45) is 0 Å². The lowest BCUT2D eigenvalue weighted by molar-refractivity contribution is -0.895. The van der Waals surface area contributed by atoms with Gasteiger partial charge in [-0.05, 0) is 52.0 Å². The van der Waals surface area contributed by atoms with Crippen LogP contribution in [0.5, 0.6) is 0 Å². The third kappa shape index (κ3) is 6.29. The van der Waals surface area contributed by atoms with Gasteiger partial charge in [0.15, 0.2) is 5.13 Å². The number of aromatic nitrogens is 1. The molecule has 0 saturated carbocycles. The van der Waals surface area contributed by atoms with E-state index in [1.165, 1.54) is 16.2 Å². The first kappa shape index (κ1) is 22.3. The van der Waals surface area contributed by atoms with Crippen LogP contribution < -0.4 is 10.2 Å². The summed E-state index contributed by atoms with van der Waals surface area (Å²) in [6.45, 7) is 11.3. The molecule has 0 spiro atoms. The van der Waals surface area contributed by atoms with E-state index in [9.17, 15) is 9.59 Å². The van der Waals surface area contributed by atoms with Crippen LogP contribution in [0.3, 0.4) is 0 Å². The molecule has 2 aromatic rings. The molecule has 1 heterocycles. The van der Waals surface area contributed by atoms with E-state index in [1.54, 1.807) is 29.2 Å². The molecule has 1 aromatic carbocycles. The number of nitrogens with zero attached hydrogens (tertiary/aromatic N) is 2. The maximum atomic E-state index is 13.0. The molecule has 6 nitrogen and oxygen atoms in total. The van der Waals surface area contributed by atoms with E-state index < -0.39 is 0 Å². The molecular weight excluding hydrogens is 396 g/mol. The molecule has 0 aliphatic carbocycles. The van der Waals surface area contributed by atoms with Crippen molar-refractivity contribution in [3.63, 3.8) is 0 Å². The van der Waals surface area contributed by atoms with Gasteiger partial charge in [-0.1, -0.05) is 11.6 Å². The topological polar surface area (TPSA) is 66.7 Å². The van der Waals surface area contributed by atoms with E-state index in [0.29, 0.717) is 22.3 Å². The van der Waals surface area contributed by atoms with E-state index in [2.05, 4.69) is 24.1 Å². The van der Waals surface area contributed by atoms with Gasteiger partial charge in [0.2, 0.25) is 5.91 Å². The second kappa shape index (κ2) is 10.5. The molecule has 2 N–H and O–H groups in total. The number of aryl methyl sites for hydroxylation is 2. The summed E-state index contributed by atoms with van der Waals surface area (Å²) >= 11 is 7.36. The first-order valence-electron chi connectivity index (χ1n) is 9.46. The molecule has 0 aliphatic rings. The SMILES string of the molecule is CC[NH+](CC)CCN(CC(=O)Nc1nc(C)c(C)s1)C(=O)c1ccc(Cl)cc1. The van der Waals surface area contributed by atoms with Gasteiger partial charge >= 0.3 is 0 Å². The summed E-state index contributed by atoms with van der Waals surface area (Å²) in [5.74, 6) is -0.421. The minimum atomic E-state index is -0.245. The lowest BCUT2D eigenvalue weighted by Crippen LogP contribution is -3.12. The molecule has 0 unspecified atom stereocenters. The second-order valence-electron chi connectivity index (χ2n) is 6.65. The van der Waals surface area contributed by atoms with Gasteiger partial charge < -0.3 is 15.1 Å².